The molecule has 15 heavy (non-hydrogen) atoms. The largest absolute Gasteiger partial charge is 0.338 e. The standard InChI is InChI=1S/C12H24N2O/c1-10(2,3)12(11(4,5)6)7-8-13-9(15)14-12/h7-8H2,1-6H3,(H2,13,14,15). The summed E-state index contributed by atoms with van der Waals surface area (Å²) < 4.78 is 0. The molecule has 0 aliphatic carbocycles. The molecule has 0 aromatic rings. The zero-order valence-electron chi connectivity index (χ0n) is 10.8. The predicted molar refractivity (Wildman–Crippen MR) is 62.8 cm³/mol. The van der Waals surface area contributed by atoms with Crippen molar-refractivity contribution in [1.29, 1.82) is 0 Å². The van der Waals surface area contributed by atoms with E-state index in [0.717, 1.165) is 13.0 Å². The fourth-order valence-corrected chi connectivity index (χ4v) is 2.91. The average Bonchev–Trinajstić information content (AvgIpc) is 1.99. The van der Waals surface area contributed by atoms with Crippen LogP contribution in [0.1, 0.15) is 48.0 Å². The number of hydrogen-bond donors (Lipinski definition) is 2. The van der Waals surface area contributed by atoms with Crippen molar-refractivity contribution in [2.24, 2.45) is 10.8 Å². The zero-order chi connectivity index (χ0) is 11.9. The third kappa shape index (κ3) is 1.97. The van der Waals surface area contributed by atoms with Gasteiger partial charge in [-0.1, -0.05) is 41.5 Å². The van der Waals surface area contributed by atoms with E-state index in [4.69, 9.17) is 0 Å². The summed E-state index contributed by atoms with van der Waals surface area (Å²) in [6, 6.07) is -0.0360. The molecule has 0 radical (unpaired) electrons. The van der Waals surface area contributed by atoms with Gasteiger partial charge in [0.25, 0.3) is 0 Å². The van der Waals surface area contributed by atoms with Crippen LogP contribution < -0.4 is 10.6 Å². The van der Waals surface area contributed by atoms with Crippen molar-refractivity contribution in [3.05, 3.63) is 0 Å². The molecule has 0 bridgehead atoms. The molecule has 88 valence electrons. The smallest absolute Gasteiger partial charge is 0.315 e. The summed E-state index contributed by atoms with van der Waals surface area (Å²) in [7, 11) is 0. The van der Waals surface area contributed by atoms with Gasteiger partial charge in [0.15, 0.2) is 0 Å². The summed E-state index contributed by atoms with van der Waals surface area (Å²) in [5.41, 5.74) is -0.0195. The minimum absolute atomic E-state index is 0.0360. The molecule has 1 saturated heterocycles. The van der Waals surface area contributed by atoms with Gasteiger partial charge < -0.3 is 10.6 Å². The molecule has 3 nitrogen and oxygen atoms in total. The molecule has 0 saturated carbocycles. The molecule has 1 rings (SSSR count). The summed E-state index contributed by atoms with van der Waals surface area (Å²) in [5.74, 6) is 0. The number of urea groups is 1. The second-order valence-electron chi connectivity index (χ2n) is 6.54. The molecule has 0 unspecified atom stereocenters. The van der Waals surface area contributed by atoms with Gasteiger partial charge >= 0.3 is 6.03 Å². The van der Waals surface area contributed by atoms with Gasteiger partial charge in [0.2, 0.25) is 0 Å². The molecule has 1 heterocycles. The first-order chi connectivity index (χ1) is 6.60. The molecule has 0 aromatic heterocycles. The Morgan fingerprint density at radius 2 is 1.53 bits per heavy atom. The van der Waals surface area contributed by atoms with Crippen molar-refractivity contribution in [3.63, 3.8) is 0 Å². The van der Waals surface area contributed by atoms with Gasteiger partial charge in [-0.3, -0.25) is 0 Å². The third-order valence-electron chi connectivity index (χ3n) is 3.67. The first kappa shape index (κ1) is 12.3. The van der Waals surface area contributed by atoms with Crippen LogP contribution in [0.15, 0.2) is 0 Å². The Morgan fingerprint density at radius 1 is 1.07 bits per heavy atom. The van der Waals surface area contributed by atoms with Gasteiger partial charge in [-0.05, 0) is 17.3 Å². The van der Waals surface area contributed by atoms with E-state index in [1.54, 1.807) is 0 Å². The van der Waals surface area contributed by atoms with Gasteiger partial charge in [-0.2, -0.15) is 0 Å². The molecular formula is C12H24N2O. The lowest BCUT2D eigenvalue weighted by Crippen LogP contribution is -2.69. The highest BCUT2D eigenvalue weighted by Gasteiger charge is 2.52. The molecule has 1 aliphatic rings. The third-order valence-corrected chi connectivity index (χ3v) is 3.67. The van der Waals surface area contributed by atoms with Gasteiger partial charge in [0.05, 0.1) is 5.54 Å². The topological polar surface area (TPSA) is 41.1 Å². The van der Waals surface area contributed by atoms with Crippen molar-refractivity contribution in [2.45, 2.75) is 53.5 Å². The van der Waals surface area contributed by atoms with Crippen LogP contribution in [0, 0.1) is 10.8 Å². The van der Waals surface area contributed by atoms with Crippen LogP contribution in [0.4, 0.5) is 4.79 Å². The van der Waals surface area contributed by atoms with Crippen molar-refractivity contribution in [3.8, 4) is 0 Å². The monoisotopic (exact) mass is 212 g/mol. The summed E-state index contributed by atoms with van der Waals surface area (Å²) in [4.78, 5) is 11.5. The van der Waals surface area contributed by atoms with Crippen LogP contribution in [0.25, 0.3) is 0 Å². The fourth-order valence-electron chi connectivity index (χ4n) is 2.91. The van der Waals surface area contributed by atoms with Gasteiger partial charge in [0, 0.05) is 6.54 Å². The normalized spacial score (nSPS) is 21.9. The molecule has 0 aromatic carbocycles. The molecular weight excluding hydrogens is 188 g/mol. The maximum Gasteiger partial charge on any atom is 0.315 e. The molecule has 1 aliphatic heterocycles. The Morgan fingerprint density at radius 3 is 1.80 bits per heavy atom. The van der Waals surface area contributed by atoms with Crippen molar-refractivity contribution in [2.75, 3.05) is 6.54 Å². The van der Waals surface area contributed by atoms with E-state index < -0.39 is 0 Å². The van der Waals surface area contributed by atoms with Crippen LogP contribution in [-0.4, -0.2) is 18.1 Å². The maximum atomic E-state index is 11.5. The minimum atomic E-state index is -0.137. The molecule has 2 N–H and O–H groups in total. The van der Waals surface area contributed by atoms with Crippen LogP contribution in [0.5, 0.6) is 0 Å². The quantitative estimate of drug-likeness (QED) is 0.636. The van der Waals surface area contributed by atoms with E-state index in [-0.39, 0.29) is 22.4 Å². The van der Waals surface area contributed by atoms with Crippen molar-refractivity contribution < 1.29 is 4.79 Å². The second-order valence-corrected chi connectivity index (χ2v) is 6.54. The van der Waals surface area contributed by atoms with Crippen LogP contribution in [0.3, 0.4) is 0 Å². The summed E-state index contributed by atoms with van der Waals surface area (Å²) in [6.07, 6.45) is 0.978. The van der Waals surface area contributed by atoms with Crippen LogP contribution in [-0.2, 0) is 0 Å². The molecule has 2 amide bonds. The Balaban J connectivity index is 3.13. The maximum absolute atomic E-state index is 11.5. The van der Waals surface area contributed by atoms with Crippen LogP contribution >= 0.6 is 0 Å². The number of amides is 2. The first-order valence-corrected chi connectivity index (χ1v) is 5.66. The lowest BCUT2D eigenvalue weighted by atomic mass is 9.58. The summed E-state index contributed by atoms with van der Waals surface area (Å²) >= 11 is 0. The number of carbonyl (C=O) groups is 1. The summed E-state index contributed by atoms with van der Waals surface area (Å²) in [6.45, 7) is 14.0. The van der Waals surface area contributed by atoms with E-state index in [1.165, 1.54) is 0 Å². The first-order valence-electron chi connectivity index (χ1n) is 5.66. The zero-order valence-corrected chi connectivity index (χ0v) is 10.8. The minimum Gasteiger partial charge on any atom is -0.338 e. The number of hydrogen-bond acceptors (Lipinski definition) is 1. The number of nitrogens with one attached hydrogen (secondary N) is 2. The van der Waals surface area contributed by atoms with Gasteiger partial charge in [0.1, 0.15) is 0 Å². The Bertz CT molecular complexity index is 244. The van der Waals surface area contributed by atoms with Crippen molar-refractivity contribution in [1.82, 2.24) is 10.6 Å². The van der Waals surface area contributed by atoms with Gasteiger partial charge in [-0.25, -0.2) is 4.79 Å². The van der Waals surface area contributed by atoms with Gasteiger partial charge in [-0.15, -0.1) is 0 Å². The highest BCUT2D eigenvalue weighted by atomic mass is 16.2. The molecule has 3 heteroatoms. The highest BCUT2D eigenvalue weighted by molar-refractivity contribution is 5.76. The Hall–Kier alpha value is -0.730. The lowest BCUT2D eigenvalue weighted by molar-refractivity contribution is 0.0148. The lowest BCUT2D eigenvalue weighted by Gasteiger charge is -2.55. The fraction of sp³-hybridized carbons (Fsp3) is 0.917. The van der Waals surface area contributed by atoms with Crippen LogP contribution in [0.2, 0.25) is 0 Å². The SMILES string of the molecule is CC(C)(C)C1(C(C)(C)C)CCNC(=O)N1. The Kier molecular flexibility index (Phi) is 2.79. The number of carbonyl (C=O) groups excluding carboxylic acids is 1. The van der Waals surface area contributed by atoms with E-state index in [2.05, 4.69) is 52.2 Å². The Labute approximate surface area is 93.0 Å². The van der Waals surface area contributed by atoms with E-state index >= 15 is 0 Å². The second kappa shape index (κ2) is 3.39. The van der Waals surface area contributed by atoms with E-state index in [1.807, 2.05) is 0 Å². The predicted octanol–water partition coefficient (Wildman–Crippen LogP) is 2.52. The van der Waals surface area contributed by atoms with E-state index in [0.29, 0.717) is 0 Å². The highest BCUT2D eigenvalue weighted by Crippen LogP contribution is 2.46. The average molecular weight is 212 g/mol. The molecule has 0 spiro atoms. The molecule has 1 fully saturated rings. The number of rotatable bonds is 0. The van der Waals surface area contributed by atoms with E-state index in [9.17, 15) is 4.79 Å². The van der Waals surface area contributed by atoms with Crippen molar-refractivity contribution >= 4 is 6.03 Å². The molecule has 0 atom stereocenters. The summed E-state index contributed by atoms with van der Waals surface area (Å²) in [5, 5.41) is 5.99.